The quantitative estimate of drug-likeness (QED) is 0.319. The number of benzene rings is 1. The Bertz CT molecular complexity index is 557. The van der Waals surface area contributed by atoms with Crippen molar-refractivity contribution < 1.29 is 10.0 Å². The minimum Gasteiger partial charge on any atom is -0.388 e. The summed E-state index contributed by atoms with van der Waals surface area (Å²) in [7, 11) is -2.83. The third-order valence-corrected chi connectivity index (χ3v) is 13.6. The number of non-ortho nitro benzene ring substituents is 1. The molecular formula is C17H29NO3Si2. The first-order chi connectivity index (χ1) is 10.3. The number of nitro benzene ring substituents is 1. The van der Waals surface area contributed by atoms with Crippen molar-refractivity contribution in [2.45, 2.75) is 57.0 Å². The number of hydrogen-bond donors (Lipinski definition) is 1. The molecule has 0 radical (unpaired) electrons. The lowest BCUT2D eigenvalue weighted by Gasteiger charge is -2.40. The molecule has 0 saturated carbocycles. The van der Waals surface area contributed by atoms with Crippen LogP contribution in [0.1, 0.15) is 18.1 Å². The van der Waals surface area contributed by atoms with Crippen LogP contribution < -0.4 is 0 Å². The Kier molecular flexibility index (Phi) is 6.12. The zero-order chi connectivity index (χ0) is 18.0. The molecule has 1 aromatic rings. The molecule has 0 heterocycles. The van der Waals surface area contributed by atoms with Crippen LogP contribution in [-0.2, 0) is 0 Å². The van der Waals surface area contributed by atoms with E-state index in [1.54, 1.807) is 12.1 Å². The molecule has 1 unspecified atom stereocenters. The zero-order valence-electron chi connectivity index (χ0n) is 15.1. The summed E-state index contributed by atoms with van der Waals surface area (Å²) in [6.45, 7) is 18.5. The first kappa shape index (κ1) is 19.8. The highest BCUT2D eigenvalue weighted by molar-refractivity contribution is 6.97. The predicted octanol–water partition coefficient (Wildman–Crippen LogP) is 5.16. The number of hydrogen-bond acceptors (Lipinski definition) is 3. The topological polar surface area (TPSA) is 63.4 Å². The second-order valence-corrected chi connectivity index (χ2v) is 19.6. The Balaban J connectivity index is 2.92. The summed E-state index contributed by atoms with van der Waals surface area (Å²) in [4.78, 5) is 10.3. The largest absolute Gasteiger partial charge is 0.388 e. The maximum Gasteiger partial charge on any atom is 0.269 e. The highest BCUT2D eigenvalue weighted by atomic mass is 28.4. The van der Waals surface area contributed by atoms with Gasteiger partial charge >= 0.3 is 0 Å². The van der Waals surface area contributed by atoms with Gasteiger partial charge in [-0.2, -0.15) is 0 Å². The van der Waals surface area contributed by atoms with Gasteiger partial charge in [0.05, 0.1) is 11.0 Å². The molecule has 4 nitrogen and oxygen atoms in total. The Morgan fingerprint density at radius 1 is 1.13 bits per heavy atom. The summed E-state index contributed by atoms with van der Waals surface area (Å²) >= 11 is 0. The summed E-state index contributed by atoms with van der Waals surface area (Å²) in [5.41, 5.74) is 1.89. The third-order valence-electron chi connectivity index (χ3n) is 4.08. The van der Waals surface area contributed by atoms with Crippen LogP contribution in [0.5, 0.6) is 0 Å². The average molecular weight is 352 g/mol. The highest BCUT2D eigenvalue weighted by Crippen LogP contribution is 2.41. The third kappa shape index (κ3) is 5.40. The van der Waals surface area contributed by atoms with Crippen LogP contribution in [0, 0.1) is 10.1 Å². The number of nitrogens with zero attached hydrogens (tertiary/aromatic N) is 1. The molecule has 6 heteroatoms. The van der Waals surface area contributed by atoms with Gasteiger partial charge in [0.25, 0.3) is 5.69 Å². The molecule has 0 amide bonds. The summed E-state index contributed by atoms with van der Waals surface area (Å²) in [5.74, 6) is 0. The van der Waals surface area contributed by atoms with Crippen LogP contribution in [0.15, 0.2) is 36.4 Å². The molecule has 0 aromatic heterocycles. The van der Waals surface area contributed by atoms with Gasteiger partial charge in [0, 0.05) is 28.3 Å². The fourth-order valence-corrected chi connectivity index (χ4v) is 16.9. The molecule has 0 saturated heterocycles. The van der Waals surface area contributed by atoms with Gasteiger partial charge in [0.1, 0.15) is 0 Å². The smallest absolute Gasteiger partial charge is 0.269 e. The van der Waals surface area contributed by atoms with Crippen LogP contribution in [0.3, 0.4) is 0 Å². The van der Waals surface area contributed by atoms with Crippen LogP contribution in [0.25, 0.3) is 0 Å². The molecule has 128 valence electrons. The summed E-state index contributed by atoms with van der Waals surface area (Å²) in [6, 6.07) is 6.15. The normalized spacial score (nSPS) is 13.9. The number of aliphatic hydroxyl groups excluding tert-OH is 1. The van der Waals surface area contributed by atoms with E-state index < -0.39 is 27.2 Å². The van der Waals surface area contributed by atoms with E-state index in [1.165, 1.54) is 12.1 Å². The summed E-state index contributed by atoms with van der Waals surface area (Å²) in [6.07, 6.45) is -0.129. The van der Waals surface area contributed by atoms with Crippen molar-refractivity contribution in [2.75, 3.05) is 0 Å². The number of nitro groups is 1. The van der Waals surface area contributed by atoms with E-state index in [2.05, 4.69) is 45.9 Å². The average Bonchev–Trinajstić information content (AvgIpc) is 2.34. The van der Waals surface area contributed by atoms with Crippen LogP contribution in [-0.4, -0.2) is 26.2 Å². The van der Waals surface area contributed by atoms with E-state index in [0.717, 1.165) is 5.57 Å². The second kappa shape index (κ2) is 7.11. The van der Waals surface area contributed by atoms with Crippen molar-refractivity contribution in [1.29, 1.82) is 0 Å². The van der Waals surface area contributed by atoms with Gasteiger partial charge in [-0.05, 0) is 29.3 Å². The Morgan fingerprint density at radius 3 is 1.91 bits per heavy atom. The lowest BCUT2D eigenvalue weighted by Crippen LogP contribution is -2.44. The lowest BCUT2D eigenvalue weighted by molar-refractivity contribution is -0.384. The fourth-order valence-electron chi connectivity index (χ4n) is 3.83. The monoisotopic (exact) mass is 351 g/mol. The molecular weight excluding hydrogens is 322 g/mol. The number of rotatable bonds is 7. The van der Waals surface area contributed by atoms with Crippen molar-refractivity contribution in [3.63, 3.8) is 0 Å². The Hall–Kier alpha value is -1.25. The van der Waals surface area contributed by atoms with Gasteiger partial charge in [0.2, 0.25) is 0 Å². The highest BCUT2D eigenvalue weighted by Gasteiger charge is 2.39. The van der Waals surface area contributed by atoms with Crippen molar-refractivity contribution in [3.05, 3.63) is 52.1 Å². The van der Waals surface area contributed by atoms with E-state index in [-0.39, 0.29) is 5.69 Å². The zero-order valence-corrected chi connectivity index (χ0v) is 17.1. The van der Waals surface area contributed by atoms with Gasteiger partial charge in [-0.15, -0.1) is 6.58 Å². The van der Waals surface area contributed by atoms with E-state index in [4.69, 9.17) is 0 Å². The maximum absolute atomic E-state index is 10.7. The number of aliphatic hydroxyl groups is 1. The molecule has 0 aliphatic carbocycles. The maximum atomic E-state index is 10.7. The van der Waals surface area contributed by atoms with E-state index >= 15 is 0 Å². The first-order valence-corrected chi connectivity index (χ1v) is 15.1. The summed E-state index contributed by atoms with van der Waals surface area (Å²) < 4.78 is 0. The lowest BCUT2D eigenvalue weighted by atomic mass is 10.0. The molecule has 1 rings (SSSR count). The minimum absolute atomic E-state index is 0.0434. The van der Waals surface area contributed by atoms with Gasteiger partial charge in [-0.3, -0.25) is 10.1 Å². The Labute approximate surface area is 141 Å². The van der Waals surface area contributed by atoms with Crippen LogP contribution >= 0.6 is 0 Å². The SMILES string of the molecule is C=C(CC(O)c1ccc([N+](=O)[O-])cc1)C([Si](C)(C)C)[Si](C)(C)C. The van der Waals surface area contributed by atoms with Gasteiger partial charge in [-0.1, -0.05) is 44.9 Å². The first-order valence-electron chi connectivity index (χ1n) is 7.94. The second-order valence-electron chi connectivity index (χ2n) is 8.39. The van der Waals surface area contributed by atoms with Crippen molar-refractivity contribution in [2.24, 2.45) is 0 Å². The molecule has 1 atom stereocenters. The molecule has 0 aliphatic rings. The molecule has 0 aliphatic heterocycles. The molecule has 0 bridgehead atoms. The Morgan fingerprint density at radius 2 is 1.57 bits per heavy atom. The molecule has 0 fully saturated rings. The van der Waals surface area contributed by atoms with Gasteiger partial charge < -0.3 is 5.11 Å². The van der Waals surface area contributed by atoms with E-state index in [1.807, 2.05) is 0 Å². The van der Waals surface area contributed by atoms with Crippen molar-refractivity contribution in [1.82, 2.24) is 0 Å². The van der Waals surface area contributed by atoms with Gasteiger partial charge in [-0.25, -0.2) is 0 Å². The fraction of sp³-hybridized carbons (Fsp3) is 0.529. The standard InChI is InChI=1S/C17H29NO3Si2/c1-13(17(22(2,3)4)23(5,6)7)12-16(19)14-8-10-15(11-9-14)18(20)21/h8-11,16-17,19H,1,12H2,2-7H3. The summed E-state index contributed by atoms with van der Waals surface area (Å²) in [5, 5.41) is 21.7. The molecule has 1 aromatic carbocycles. The van der Waals surface area contributed by atoms with Crippen LogP contribution in [0.2, 0.25) is 44.4 Å². The van der Waals surface area contributed by atoms with Crippen LogP contribution in [0.4, 0.5) is 5.69 Å². The van der Waals surface area contributed by atoms with Gasteiger partial charge in [0.15, 0.2) is 0 Å². The molecule has 0 spiro atoms. The van der Waals surface area contributed by atoms with Crippen molar-refractivity contribution in [3.8, 4) is 0 Å². The molecule has 1 N–H and O–H groups in total. The minimum atomic E-state index is -1.42. The predicted molar refractivity (Wildman–Crippen MR) is 102 cm³/mol. The van der Waals surface area contributed by atoms with Crippen molar-refractivity contribution >= 4 is 21.8 Å². The molecule has 23 heavy (non-hydrogen) atoms. The van der Waals surface area contributed by atoms with E-state index in [0.29, 0.717) is 17.1 Å². The van der Waals surface area contributed by atoms with E-state index in [9.17, 15) is 15.2 Å².